The normalized spacial score (nSPS) is 17.7. The monoisotopic (exact) mass is 291 g/mol. The van der Waals surface area contributed by atoms with Gasteiger partial charge >= 0.3 is 0 Å². The molecule has 0 radical (unpaired) electrons. The average Bonchev–Trinajstić information content (AvgIpc) is 2.93. The summed E-state index contributed by atoms with van der Waals surface area (Å²) < 4.78 is 11.5. The number of nitrogens with one attached hydrogen (secondary N) is 1. The van der Waals surface area contributed by atoms with Crippen molar-refractivity contribution in [1.29, 1.82) is 0 Å². The summed E-state index contributed by atoms with van der Waals surface area (Å²) in [6.45, 7) is 6.41. The topological polar surface area (TPSA) is 30.5 Å². The summed E-state index contributed by atoms with van der Waals surface area (Å²) >= 11 is 0. The van der Waals surface area contributed by atoms with Gasteiger partial charge in [0.2, 0.25) is 0 Å². The van der Waals surface area contributed by atoms with Gasteiger partial charge < -0.3 is 14.8 Å². The minimum atomic E-state index is -0.0993. The fourth-order valence-corrected chi connectivity index (χ4v) is 2.98. The molecular formula is C18H29NO2. The molecule has 1 fully saturated rings. The van der Waals surface area contributed by atoms with Crippen LogP contribution in [0.25, 0.3) is 0 Å². The van der Waals surface area contributed by atoms with Crippen LogP contribution in [-0.4, -0.2) is 24.9 Å². The van der Waals surface area contributed by atoms with Crippen molar-refractivity contribution in [3.05, 3.63) is 24.3 Å². The van der Waals surface area contributed by atoms with Gasteiger partial charge in [-0.2, -0.15) is 0 Å². The predicted octanol–water partition coefficient (Wildman–Crippen LogP) is 4.62. The van der Waals surface area contributed by atoms with E-state index in [9.17, 15) is 0 Å². The highest BCUT2D eigenvalue weighted by Gasteiger charge is 2.20. The van der Waals surface area contributed by atoms with Crippen molar-refractivity contribution >= 4 is 5.69 Å². The van der Waals surface area contributed by atoms with Gasteiger partial charge in [-0.05, 0) is 77.1 Å². The highest BCUT2D eigenvalue weighted by Crippen LogP contribution is 2.25. The lowest BCUT2D eigenvalue weighted by molar-refractivity contribution is 0.0128. The van der Waals surface area contributed by atoms with Gasteiger partial charge in [0, 0.05) is 18.8 Å². The number of hydrogen-bond acceptors (Lipinski definition) is 3. The Hall–Kier alpha value is -1.22. The van der Waals surface area contributed by atoms with E-state index in [1.54, 1.807) is 7.11 Å². The third-order valence-corrected chi connectivity index (χ3v) is 4.22. The van der Waals surface area contributed by atoms with E-state index in [-0.39, 0.29) is 5.60 Å². The number of anilines is 1. The van der Waals surface area contributed by atoms with Gasteiger partial charge in [0.15, 0.2) is 0 Å². The van der Waals surface area contributed by atoms with Gasteiger partial charge in [-0.3, -0.25) is 0 Å². The van der Waals surface area contributed by atoms with E-state index >= 15 is 0 Å². The summed E-state index contributed by atoms with van der Waals surface area (Å²) in [7, 11) is 1.77. The van der Waals surface area contributed by atoms with Crippen LogP contribution in [-0.2, 0) is 4.74 Å². The Morgan fingerprint density at radius 2 is 1.81 bits per heavy atom. The quantitative estimate of drug-likeness (QED) is 0.795. The predicted molar refractivity (Wildman–Crippen MR) is 88.1 cm³/mol. The van der Waals surface area contributed by atoms with Crippen LogP contribution in [0.1, 0.15) is 52.9 Å². The van der Waals surface area contributed by atoms with Crippen molar-refractivity contribution < 1.29 is 9.47 Å². The van der Waals surface area contributed by atoms with Gasteiger partial charge in [0.1, 0.15) is 5.75 Å². The Kier molecular flexibility index (Phi) is 5.51. The lowest BCUT2D eigenvalue weighted by atomic mass is 10.00. The molecule has 1 aliphatic rings. The molecule has 0 bridgehead atoms. The second-order valence-electron chi connectivity index (χ2n) is 6.76. The van der Waals surface area contributed by atoms with Gasteiger partial charge in [-0.1, -0.05) is 0 Å². The standard InChI is InChI=1S/C18H29NO2/c1-14(13-18(2,3)20-4)19-15-9-11-17(12-10-15)21-16-7-5-6-8-16/h9-12,14,16,19H,5-8,13H2,1-4H3. The molecule has 1 unspecified atom stereocenters. The minimum absolute atomic E-state index is 0.0993. The molecule has 0 heterocycles. The van der Waals surface area contributed by atoms with Gasteiger partial charge in [0.05, 0.1) is 11.7 Å². The Bertz CT molecular complexity index is 421. The van der Waals surface area contributed by atoms with Crippen molar-refractivity contribution in [1.82, 2.24) is 0 Å². The van der Waals surface area contributed by atoms with Crippen LogP contribution in [0.4, 0.5) is 5.69 Å². The fraction of sp³-hybridized carbons (Fsp3) is 0.667. The van der Waals surface area contributed by atoms with Crippen molar-refractivity contribution in [3.8, 4) is 5.75 Å². The molecular weight excluding hydrogens is 262 g/mol. The summed E-state index contributed by atoms with van der Waals surface area (Å²) in [6.07, 6.45) is 6.38. The molecule has 0 aromatic heterocycles. The first-order valence-electron chi connectivity index (χ1n) is 8.07. The number of hydrogen-bond donors (Lipinski definition) is 1. The maximum Gasteiger partial charge on any atom is 0.119 e. The lowest BCUT2D eigenvalue weighted by Crippen LogP contribution is -2.31. The molecule has 0 spiro atoms. The summed E-state index contributed by atoms with van der Waals surface area (Å²) in [5.41, 5.74) is 1.03. The first-order valence-corrected chi connectivity index (χ1v) is 8.07. The first kappa shape index (κ1) is 16.2. The molecule has 2 rings (SSSR count). The molecule has 1 saturated carbocycles. The summed E-state index contributed by atoms with van der Waals surface area (Å²) in [5, 5.41) is 3.52. The highest BCUT2D eigenvalue weighted by atomic mass is 16.5. The second-order valence-corrected chi connectivity index (χ2v) is 6.76. The summed E-state index contributed by atoms with van der Waals surface area (Å²) in [5.74, 6) is 0.984. The van der Waals surface area contributed by atoms with Crippen LogP contribution in [0.2, 0.25) is 0 Å². The lowest BCUT2D eigenvalue weighted by Gasteiger charge is -2.27. The van der Waals surface area contributed by atoms with Crippen LogP contribution in [0.5, 0.6) is 5.75 Å². The van der Waals surface area contributed by atoms with E-state index in [1.165, 1.54) is 25.7 Å². The second kappa shape index (κ2) is 7.17. The van der Waals surface area contributed by atoms with Crippen LogP contribution < -0.4 is 10.1 Å². The van der Waals surface area contributed by atoms with E-state index < -0.39 is 0 Å². The fourth-order valence-electron chi connectivity index (χ4n) is 2.98. The van der Waals surface area contributed by atoms with E-state index in [0.29, 0.717) is 12.1 Å². The smallest absolute Gasteiger partial charge is 0.119 e. The molecule has 0 saturated heterocycles. The molecule has 0 aliphatic heterocycles. The van der Waals surface area contributed by atoms with Crippen LogP contribution in [0.15, 0.2) is 24.3 Å². The molecule has 21 heavy (non-hydrogen) atoms. The van der Waals surface area contributed by atoms with Crippen molar-refractivity contribution in [3.63, 3.8) is 0 Å². The van der Waals surface area contributed by atoms with E-state index in [0.717, 1.165) is 17.9 Å². The molecule has 1 aliphatic carbocycles. The molecule has 1 N–H and O–H groups in total. The highest BCUT2D eigenvalue weighted by molar-refractivity contribution is 5.47. The Balaban J connectivity index is 1.84. The Morgan fingerprint density at radius 3 is 2.38 bits per heavy atom. The molecule has 0 amide bonds. The van der Waals surface area contributed by atoms with Crippen LogP contribution >= 0.6 is 0 Å². The van der Waals surface area contributed by atoms with E-state index in [4.69, 9.17) is 9.47 Å². The van der Waals surface area contributed by atoms with E-state index in [1.807, 2.05) is 0 Å². The van der Waals surface area contributed by atoms with Crippen molar-refractivity contribution in [2.24, 2.45) is 0 Å². The molecule has 1 atom stereocenters. The van der Waals surface area contributed by atoms with Gasteiger partial charge in [0.25, 0.3) is 0 Å². The number of rotatable bonds is 7. The summed E-state index contributed by atoms with van der Waals surface area (Å²) in [4.78, 5) is 0. The number of benzene rings is 1. The summed E-state index contributed by atoms with van der Waals surface area (Å²) in [6, 6.07) is 8.69. The van der Waals surface area contributed by atoms with Gasteiger partial charge in [-0.25, -0.2) is 0 Å². The molecule has 3 heteroatoms. The average molecular weight is 291 g/mol. The largest absolute Gasteiger partial charge is 0.490 e. The zero-order chi connectivity index (χ0) is 15.3. The zero-order valence-corrected chi connectivity index (χ0v) is 13.8. The minimum Gasteiger partial charge on any atom is -0.490 e. The molecule has 118 valence electrons. The number of methoxy groups -OCH3 is 1. The SMILES string of the molecule is COC(C)(C)CC(C)Nc1ccc(OC2CCCC2)cc1. The van der Waals surface area contributed by atoms with Crippen molar-refractivity contribution in [2.75, 3.05) is 12.4 Å². The van der Waals surface area contributed by atoms with Crippen molar-refractivity contribution in [2.45, 2.75) is 70.6 Å². The van der Waals surface area contributed by atoms with Crippen LogP contribution in [0, 0.1) is 0 Å². The molecule has 1 aromatic carbocycles. The Labute approximate surface area is 129 Å². The number of ether oxygens (including phenoxy) is 2. The van der Waals surface area contributed by atoms with E-state index in [2.05, 4.69) is 50.4 Å². The maximum absolute atomic E-state index is 5.99. The third-order valence-electron chi connectivity index (χ3n) is 4.22. The zero-order valence-electron chi connectivity index (χ0n) is 13.8. The first-order chi connectivity index (χ1) is 9.98. The third kappa shape index (κ3) is 5.24. The van der Waals surface area contributed by atoms with Crippen LogP contribution in [0.3, 0.4) is 0 Å². The van der Waals surface area contributed by atoms with Gasteiger partial charge in [-0.15, -0.1) is 0 Å². The maximum atomic E-state index is 5.99. The molecule has 1 aromatic rings. The molecule has 3 nitrogen and oxygen atoms in total. The Morgan fingerprint density at radius 1 is 1.19 bits per heavy atom.